The van der Waals surface area contributed by atoms with Crippen LogP contribution in [0.1, 0.15) is 51.9 Å². The lowest BCUT2D eigenvalue weighted by Crippen LogP contribution is -2.24. The fourth-order valence-corrected chi connectivity index (χ4v) is 1.46. The second-order valence-electron chi connectivity index (χ2n) is 3.97. The van der Waals surface area contributed by atoms with Gasteiger partial charge in [-0.15, -0.1) is 0 Å². The van der Waals surface area contributed by atoms with Gasteiger partial charge in [-0.25, -0.2) is 0 Å². The fourth-order valence-electron chi connectivity index (χ4n) is 1.46. The van der Waals surface area contributed by atoms with Gasteiger partial charge in [0.1, 0.15) is 0 Å². The SMILES string of the molecule is CCCCCCNC(=O)CCCCNC. The van der Waals surface area contributed by atoms with E-state index in [2.05, 4.69) is 17.6 Å². The third-order valence-corrected chi connectivity index (χ3v) is 2.43. The molecule has 0 aliphatic rings. The Balaban J connectivity index is 3.11. The molecular formula is C12H26N2O. The summed E-state index contributed by atoms with van der Waals surface area (Å²) in [5.41, 5.74) is 0. The molecule has 2 N–H and O–H groups in total. The Morgan fingerprint density at radius 3 is 2.40 bits per heavy atom. The van der Waals surface area contributed by atoms with Gasteiger partial charge in [-0.05, 0) is 32.9 Å². The highest BCUT2D eigenvalue weighted by atomic mass is 16.1. The van der Waals surface area contributed by atoms with Gasteiger partial charge in [0.15, 0.2) is 0 Å². The van der Waals surface area contributed by atoms with E-state index >= 15 is 0 Å². The fraction of sp³-hybridized carbons (Fsp3) is 0.917. The van der Waals surface area contributed by atoms with Gasteiger partial charge in [0, 0.05) is 13.0 Å². The number of rotatable bonds is 10. The van der Waals surface area contributed by atoms with Crippen LogP contribution in [0, 0.1) is 0 Å². The van der Waals surface area contributed by atoms with Crippen LogP contribution >= 0.6 is 0 Å². The van der Waals surface area contributed by atoms with Crippen molar-refractivity contribution in [1.29, 1.82) is 0 Å². The zero-order valence-corrected chi connectivity index (χ0v) is 10.3. The van der Waals surface area contributed by atoms with Crippen LogP contribution in [0.15, 0.2) is 0 Å². The van der Waals surface area contributed by atoms with E-state index in [-0.39, 0.29) is 5.91 Å². The third-order valence-electron chi connectivity index (χ3n) is 2.43. The number of carbonyl (C=O) groups excluding carboxylic acids is 1. The van der Waals surface area contributed by atoms with Crippen LogP contribution in [0.25, 0.3) is 0 Å². The first-order valence-corrected chi connectivity index (χ1v) is 6.22. The molecular weight excluding hydrogens is 188 g/mol. The third kappa shape index (κ3) is 11.4. The molecule has 1 amide bonds. The number of unbranched alkanes of at least 4 members (excludes halogenated alkanes) is 4. The van der Waals surface area contributed by atoms with E-state index in [0.29, 0.717) is 6.42 Å². The van der Waals surface area contributed by atoms with Gasteiger partial charge in [-0.2, -0.15) is 0 Å². The van der Waals surface area contributed by atoms with Gasteiger partial charge < -0.3 is 10.6 Å². The van der Waals surface area contributed by atoms with Gasteiger partial charge in [0.05, 0.1) is 0 Å². The van der Waals surface area contributed by atoms with Crippen LogP contribution in [0.5, 0.6) is 0 Å². The molecule has 0 aromatic rings. The highest BCUT2D eigenvalue weighted by molar-refractivity contribution is 5.75. The van der Waals surface area contributed by atoms with Gasteiger partial charge in [0.2, 0.25) is 5.91 Å². The molecule has 15 heavy (non-hydrogen) atoms. The predicted molar refractivity (Wildman–Crippen MR) is 64.9 cm³/mol. The highest BCUT2D eigenvalue weighted by Crippen LogP contribution is 1.98. The largest absolute Gasteiger partial charge is 0.356 e. The normalized spacial score (nSPS) is 10.3. The Morgan fingerprint density at radius 2 is 1.73 bits per heavy atom. The minimum Gasteiger partial charge on any atom is -0.356 e. The molecule has 0 aliphatic carbocycles. The molecule has 3 heteroatoms. The molecule has 0 aromatic carbocycles. The number of amides is 1. The van der Waals surface area contributed by atoms with Crippen LogP contribution in [-0.4, -0.2) is 26.0 Å². The minimum atomic E-state index is 0.211. The maximum Gasteiger partial charge on any atom is 0.219 e. The van der Waals surface area contributed by atoms with E-state index in [4.69, 9.17) is 0 Å². The first-order valence-electron chi connectivity index (χ1n) is 6.22. The highest BCUT2D eigenvalue weighted by Gasteiger charge is 1.99. The minimum absolute atomic E-state index is 0.211. The number of hydrogen-bond donors (Lipinski definition) is 2. The number of carbonyl (C=O) groups is 1. The Morgan fingerprint density at radius 1 is 1.00 bits per heavy atom. The van der Waals surface area contributed by atoms with Crippen molar-refractivity contribution < 1.29 is 4.79 Å². The quantitative estimate of drug-likeness (QED) is 0.547. The summed E-state index contributed by atoms with van der Waals surface area (Å²) in [5, 5.41) is 6.04. The van der Waals surface area contributed by atoms with Gasteiger partial charge >= 0.3 is 0 Å². The van der Waals surface area contributed by atoms with Crippen molar-refractivity contribution >= 4 is 5.91 Å². The average Bonchev–Trinajstić information content (AvgIpc) is 2.24. The molecule has 0 fully saturated rings. The smallest absolute Gasteiger partial charge is 0.219 e. The van der Waals surface area contributed by atoms with Crippen LogP contribution in [0.4, 0.5) is 0 Å². The standard InChI is InChI=1S/C12H26N2O/c1-3-4-5-7-11-14-12(15)9-6-8-10-13-2/h13H,3-11H2,1-2H3,(H,14,15). The molecule has 0 radical (unpaired) electrons. The average molecular weight is 214 g/mol. The maximum atomic E-state index is 11.3. The van der Waals surface area contributed by atoms with Crippen molar-refractivity contribution in [1.82, 2.24) is 10.6 Å². The van der Waals surface area contributed by atoms with Crippen molar-refractivity contribution in [2.75, 3.05) is 20.1 Å². The first-order chi connectivity index (χ1) is 7.31. The summed E-state index contributed by atoms with van der Waals surface area (Å²) in [6.45, 7) is 4.05. The lowest BCUT2D eigenvalue weighted by Gasteiger charge is -2.04. The van der Waals surface area contributed by atoms with Crippen molar-refractivity contribution in [3.63, 3.8) is 0 Å². The van der Waals surface area contributed by atoms with E-state index in [1.54, 1.807) is 0 Å². The molecule has 0 aromatic heterocycles. The molecule has 90 valence electrons. The maximum absolute atomic E-state index is 11.3. The van der Waals surface area contributed by atoms with Crippen molar-refractivity contribution in [2.45, 2.75) is 51.9 Å². The lowest BCUT2D eigenvalue weighted by molar-refractivity contribution is -0.121. The summed E-state index contributed by atoms with van der Waals surface area (Å²) >= 11 is 0. The Hall–Kier alpha value is -0.570. The van der Waals surface area contributed by atoms with Gasteiger partial charge in [-0.1, -0.05) is 26.2 Å². The molecule has 0 rings (SSSR count). The summed E-state index contributed by atoms with van der Waals surface area (Å²) < 4.78 is 0. The van der Waals surface area contributed by atoms with E-state index in [1.165, 1.54) is 19.3 Å². The van der Waals surface area contributed by atoms with Crippen LogP contribution in [0.2, 0.25) is 0 Å². The predicted octanol–water partition coefficient (Wildman–Crippen LogP) is 2.07. The molecule has 0 spiro atoms. The molecule has 3 nitrogen and oxygen atoms in total. The van der Waals surface area contributed by atoms with Gasteiger partial charge in [0.25, 0.3) is 0 Å². The van der Waals surface area contributed by atoms with Crippen LogP contribution < -0.4 is 10.6 Å². The first kappa shape index (κ1) is 14.4. The van der Waals surface area contributed by atoms with Crippen molar-refractivity contribution in [3.8, 4) is 0 Å². The number of hydrogen-bond acceptors (Lipinski definition) is 2. The second kappa shape index (κ2) is 11.5. The van der Waals surface area contributed by atoms with Crippen LogP contribution in [0.3, 0.4) is 0 Å². The summed E-state index contributed by atoms with van der Waals surface area (Å²) in [6, 6.07) is 0. The summed E-state index contributed by atoms with van der Waals surface area (Å²) in [7, 11) is 1.94. The molecule has 0 atom stereocenters. The molecule has 0 aliphatic heterocycles. The Kier molecular flexibility index (Phi) is 11.1. The number of nitrogens with one attached hydrogen (secondary N) is 2. The summed E-state index contributed by atoms with van der Waals surface area (Å²) in [4.78, 5) is 11.3. The van der Waals surface area contributed by atoms with E-state index < -0.39 is 0 Å². The lowest BCUT2D eigenvalue weighted by atomic mass is 10.2. The summed E-state index contributed by atoms with van der Waals surface area (Å²) in [6.07, 6.45) is 7.62. The topological polar surface area (TPSA) is 41.1 Å². The molecule has 0 bridgehead atoms. The van der Waals surface area contributed by atoms with E-state index in [9.17, 15) is 4.79 Å². The zero-order chi connectivity index (χ0) is 11.4. The van der Waals surface area contributed by atoms with E-state index in [0.717, 1.165) is 32.4 Å². The Bertz CT molecular complexity index is 149. The van der Waals surface area contributed by atoms with Crippen molar-refractivity contribution in [3.05, 3.63) is 0 Å². The monoisotopic (exact) mass is 214 g/mol. The van der Waals surface area contributed by atoms with Gasteiger partial charge in [-0.3, -0.25) is 4.79 Å². The Labute approximate surface area is 94.0 Å². The summed E-state index contributed by atoms with van der Waals surface area (Å²) in [5.74, 6) is 0.211. The molecule has 0 saturated carbocycles. The molecule has 0 saturated heterocycles. The molecule has 0 unspecified atom stereocenters. The van der Waals surface area contributed by atoms with E-state index in [1.807, 2.05) is 7.05 Å². The zero-order valence-electron chi connectivity index (χ0n) is 10.3. The van der Waals surface area contributed by atoms with Crippen LogP contribution in [-0.2, 0) is 4.79 Å². The second-order valence-corrected chi connectivity index (χ2v) is 3.97. The molecule has 0 heterocycles. The van der Waals surface area contributed by atoms with Crippen molar-refractivity contribution in [2.24, 2.45) is 0 Å².